The Labute approximate surface area is 203 Å². The number of hydrogen-bond acceptors (Lipinski definition) is 4. The first-order valence-electron chi connectivity index (χ1n) is 10.5. The topological polar surface area (TPSA) is 49.6 Å². The molecule has 0 radical (unpaired) electrons. The van der Waals surface area contributed by atoms with Crippen LogP contribution in [-0.4, -0.2) is 42.7 Å². The summed E-state index contributed by atoms with van der Waals surface area (Å²) in [4.78, 5) is 17.3. The molecule has 3 aromatic rings. The lowest BCUT2D eigenvalue weighted by molar-refractivity contribution is -0.128. The highest BCUT2D eigenvalue weighted by atomic mass is 35.5. The number of halogens is 2. The number of benzene rings is 3. The van der Waals surface area contributed by atoms with Gasteiger partial charge in [0.25, 0.3) is 0 Å². The van der Waals surface area contributed by atoms with Crippen LogP contribution >= 0.6 is 35.0 Å². The molecule has 4 rings (SSSR count). The number of rotatable bonds is 6. The molecule has 0 saturated carbocycles. The average molecular weight is 486 g/mol. The van der Waals surface area contributed by atoms with Gasteiger partial charge in [0.15, 0.2) is 0 Å². The maximum atomic E-state index is 13.0. The van der Waals surface area contributed by atoms with E-state index in [1.54, 1.807) is 12.1 Å². The van der Waals surface area contributed by atoms with E-state index in [1.807, 2.05) is 53.4 Å². The molecule has 32 heavy (non-hydrogen) atoms. The number of carbonyl (C=O) groups is 1. The number of nitrogens with zero attached hydrogens (tertiary/aromatic N) is 2. The van der Waals surface area contributed by atoms with Crippen molar-refractivity contribution in [3.8, 4) is 0 Å². The van der Waals surface area contributed by atoms with Crippen molar-refractivity contribution in [2.45, 2.75) is 5.25 Å². The van der Waals surface area contributed by atoms with E-state index < -0.39 is 0 Å². The van der Waals surface area contributed by atoms with Gasteiger partial charge in [0.05, 0.1) is 11.0 Å². The third kappa shape index (κ3) is 5.34. The van der Waals surface area contributed by atoms with Crippen molar-refractivity contribution in [1.29, 1.82) is 0 Å². The average Bonchev–Trinajstić information content (AvgIpc) is 2.83. The van der Waals surface area contributed by atoms with Gasteiger partial charge in [-0.2, -0.15) is 0 Å². The monoisotopic (exact) mass is 485 g/mol. The SMILES string of the molecule is Nc1ccc(Cl)cc1C(SCC(=O)N1CCN(c2ccccc2)CC1)c1ccccc1Cl. The Kier molecular flexibility index (Phi) is 7.51. The van der Waals surface area contributed by atoms with E-state index in [0.717, 1.165) is 24.2 Å². The fourth-order valence-electron chi connectivity index (χ4n) is 3.91. The number of thioether (sulfide) groups is 1. The molecule has 1 saturated heterocycles. The maximum Gasteiger partial charge on any atom is 0.232 e. The van der Waals surface area contributed by atoms with Crippen molar-refractivity contribution in [2.24, 2.45) is 0 Å². The van der Waals surface area contributed by atoms with Gasteiger partial charge in [0.1, 0.15) is 0 Å². The third-order valence-corrected chi connectivity index (χ3v) is 7.48. The Bertz CT molecular complexity index is 1070. The van der Waals surface area contributed by atoms with Gasteiger partial charge in [0.2, 0.25) is 5.91 Å². The van der Waals surface area contributed by atoms with Gasteiger partial charge in [-0.25, -0.2) is 0 Å². The standard InChI is InChI=1S/C25H25Cl2N3OS/c26-18-10-11-23(28)21(16-18)25(20-8-4-5-9-22(20)27)32-17-24(31)30-14-12-29(13-15-30)19-6-2-1-3-7-19/h1-11,16,25H,12-15,17,28H2. The second-order valence-corrected chi connectivity index (χ2v) is 9.63. The zero-order valence-corrected chi connectivity index (χ0v) is 19.9. The Balaban J connectivity index is 1.45. The van der Waals surface area contributed by atoms with Crippen LogP contribution in [0.4, 0.5) is 11.4 Å². The van der Waals surface area contributed by atoms with Crippen molar-refractivity contribution in [2.75, 3.05) is 42.6 Å². The minimum atomic E-state index is -0.183. The fourth-order valence-corrected chi connectivity index (χ4v) is 5.66. The molecule has 2 N–H and O–H groups in total. The maximum absolute atomic E-state index is 13.0. The Hall–Kier alpha value is -2.34. The van der Waals surface area contributed by atoms with Crippen LogP contribution in [0.1, 0.15) is 16.4 Å². The van der Waals surface area contributed by atoms with E-state index in [4.69, 9.17) is 28.9 Å². The number of carbonyl (C=O) groups excluding carboxylic acids is 1. The van der Waals surface area contributed by atoms with Crippen molar-refractivity contribution in [1.82, 2.24) is 4.90 Å². The molecule has 0 spiro atoms. The van der Waals surface area contributed by atoms with E-state index in [0.29, 0.717) is 34.6 Å². The number of anilines is 2. The van der Waals surface area contributed by atoms with Crippen LogP contribution in [0.15, 0.2) is 72.8 Å². The number of piperazine rings is 1. The van der Waals surface area contributed by atoms with Crippen molar-refractivity contribution in [3.63, 3.8) is 0 Å². The van der Waals surface area contributed by atoms with Crippen LogP contribution in [-0.2, 0) is 4.79 Å². The van der Waals surface area contributed by atoms with E-state index in [1.165, 1.54) is 17.4 Å². The lowest BCUT2D eigenvalue weighted by Gasteiger charge is -2.36. The number of nitrogens with two attached hydrogens (primary N) is 1. The molecule has 4 nitrogen and oxygen atoms in total. The summed E-state index contributed by atoms with van der Waals surface area (Å²) in [5.41, 5.74) is 9.91. The molecule has 3 aromatic carbocycles. The first kappa shape index (κ1) is 22.8. The van der Waals surface area contributed by atoms with E-state index in [2.05, 4.69) is 17.0 Å². The number of para-hydroxylation sites is 1. The summed E-state index contributed by atoms with van der Waals surface area (Å²) < 4.78 is 0. The molecule has 0 aromatic heterocycles. The van der Waals surface area contributed by atoms with Crippen LogP contribution in [0.3, 0.4) is 0 Å². The summed E-state index contributed by atoms with van der Waals surface area (Å²) in [6, 6.07) is 23.4. The number of amides is 1. The minimum absolute atomic E-state index is 0.125. The van der Waals surface area contributed by atoms with Gasteiger partial charge in [-0.15, -0.1) is 11.8 Å². The molecule has 0 bridgehead atoms. The summed E-state index contributed by atoms with van der Waals surface area (Å²) in [5, 5.41) is 1.07. The second kappa shape index (κ2) is 10.5. The predicted octanol–water partition coefficient (Wildman–Crippen LogP) is 5.75. The molecule has 1 aliphatic rings. The zero-order valence-electron chi connectivity index (χ0n) is 17.6. The summed E-state index contributed by atoms with van der Waals surface area (Å²) in [5.74, 6) is 0.466. The zero-order chi connectivity index (χ0) is 22.5. The lowest BCUT2D eigenvalue weighted by Crippen LogP contribution is -2.49. The first-order valence-corrected chi connectivity index (χ1v) is 12.3. The van der Waals surface area contributed by atoms with Crippen molar-refractivity contribution >= 4 is 52.2 Å². The third-order valence-electron chi connectivity index (χ3n) is 5.65. The molecule has 1 atom stereocenters. The molecule has 0 aliphatic carbocycles. The molecule has 1 fully saturated rings. The van der Waals surface area contributed by atoms with E-state index >= 15 is 0 Å². The van der Waals surface area contributed by atoms with Crippen LogP contribution in [0.5, 0.6) is 0 Å². The highest BCUT2D eigenvalue weighted by molar-refractivity contribution is 8.00. The summed E-state index contributed by atoms with van der Waals surface area (Å²) >= 11 is 14.3. The van der Waals surface area contributed by atoms with Gasteiger partial charge in [-0.05, 0) is 47.5 Å². The Morgan fingerprint density at radius 2 is 1.59 bits per heavy atom. The quantitative estimate of drug-likeness (QED) is 0.451. The first-order chi connectivity index (χ1) is 15.5. The molecule has 1 amide bonds. The van der Waals surface area contributed by atoms with Crippen LogP contribution in [0, 0.1) is 0 Å². The van der Waals surface area contributed by atoms with Gasteiger partial charge >= 0.3 is 0 Å². The van der Waals surface area contributed by atoms with E-state index in [9.17, 15) is 4.79 Å². The van der Waals surface area contributed by atoms with E-state index in [-0.39, 0.29) is 11.2 Å². The second-order valence-electron chi connectivity index (χ2n) is 7.69. The predicted molar refractivity (Wildman–Crippen MR) is 137 cm³/mol. The van der Waals surface area contributed by atoms with Crippen LogP contribution in [0.25, 0.3) is 0 Å². The molecule has 7 heteroatoms. The molecule has 1 aliphatic heterocycles. The largest absolute Gasteiger partial charge is 0.398 e. The smallest absolute Gasteiger partial charge is 0.232 e. The number of nitrogen functional groups attached to an aromatic ring is 1. The van der Waals surface area contributed by atoms with Crippen molar-refractivity contribution in [3.05, 3.63) is 94.0 Å². The fraction of sp³-hybridized carbons (Fsp3) is 0.240. The minimum Gasteiger partial charge on any atom is -0.398 e. The number of hydrogen-bond donors (Lipinski definition) is 1. The lowest BCUT2D eigenvalue weighted by atomic mass is 10.0. The Morgan fingerprint density at radius 1 is 0.906 bits per heavy atom. The van der Waals surface area contributed by atoms with Gasteiger partial charge in [0, 0.05) is 47.6 Å². The summed E-state index contributed by atoms with van der Waals surface area (Å²) in [6.07, 6.45) is 0. The summed E-state index contributed by atoms with van der Waals surface area (Å²) in [6.45, 7) is 3.08. The highest BCUT2D eigenvalue weighted by Gasteiger charge is 2.25. The van der Waals surface area contributed by atoms with Gasteiger partial charge in [-0.3, -0.25) is 4.79 Å². The molecule has 1 heterocycles. The highest BCUT2D eigenvalue weighted by Crippen LogP contribution is 2.42. The van der Waals surface area contributed by atoms with Crippen LogP contribution < -0.4 is 10.6 Å². The Morgan fingerprint density at radius 3 is 2.31 bits per heavy atom. The molecule has 166 valence electrons. The molecular weight excluding hydrogens is 461 g/mol. The summed E-state index contributed by atoms with van der Waals surface area (Å²) in [7, 11) is 0. The molecule has 1 unspecified atom stereocenters. The van der Waals surface area contributed by atoms with Crippen molar-refractivity contribution < 1.29 is 4.79 Å². The normalized spacial score (nSPS) is 14.9. The molecular formula is C25H25Cl2N3OS. The van der Waals surface area contributed by atoms with Gasteiger partial charge in [-0.1, -0.05) is 59.6 Å². The van der Waals surface area contributed by atoms with Crippen LogP contribution in [0.2, 0.25) is 10.0 Å². The van der Waals surface area contributed by atoms with Gasteiger partial charge < -0.3 is 15.5 Å².